The predicted octanol–water partition coefficient (Wildman–Crippen LogP) is 3.81. The van der Waals surface area contributed by atoms with Crippen LogP contribution in [0.15, 0.2) is 75.6 Å². The molecule has 11 heteroatoms. The topological polar surface area (TPSA) is 101 Å². The fourth-order valence-corrected chi connectivity index (χ4v) is 4.18. The van der Waals surface area contributed by atoms with E-state index in [0.717, 1.165) is 17.3 Å². The van der Waals surface area contributed by atoms with Crippen LogP contribution in [0, 0.1) is 0 Å². The number of aromatic nitrogens is 3. The Hall–Kier alpha value is -4.38. The van der Waals surface area contributed by atoms with Gasteiger partial charge in [0.25, 0.3) is 11.1 Å². The fourth-order valence-electron chi connectivity index (χ4n) is 4.18. The molecule has 4 aromatic rings. The standard InChI is InChI=1S/C27H27F3N6O2/c1-34(2)9-10-36-16-21(17-7-5-4-6-8-17)19(12-24(36)37)22-15-35(3)26(38)25-20(22)11-23(33-25)18(13-31)14-32-27(28,29)30/h4-8,11-16,33H,9-10,31H2,1-3H3/b18-13+,32-14+. The third kappa shape index (κ3) is 5.62. The van der Waals surface area contributed by atoms with Gasteiger partial charge >= 0.3 is 6.30 Å². The van der Waals surface area contributed by atoms with Crippen molar-refractivity contribution in [2.45, 2.75) is 12.8 Å². The third-order valence-corrected chi connectivity index (χ3v) is 6.09. The number of pyridine rings is 2. The summed E-state index contributed by atoms with van der Waals surface area (Å²) < 4.78 is 41.1. The minimum atomic E-state index is -4.78. The average molecular weight is 525 g/mol. The van der Waals surface area contributed by atoms with Crippen molar-refractivity contribution in [1.82, 2.24) is 19.0 Å². The number of aliphatic imine (C=N–C) groups is 1. The van der Waals surface area contributed by atoms with Crippen LogP contribution >= 0.6 is 0 Å². The monoisotopic (exact) mass is 524 g/mol. The van der Waals surface area contributed by atoms with Crippen molar-refractivity contribution in [2.75, 3.05) is 20.6 Å². The number of hydrogen-bond donors (Lipinski definition) is 2. The van der Waals surface area contributed by atoms with Crippen LogP contribution in [0.25, 0.3) is 38.7 Å². The lowest BCUT2D eigenvalue weighted by atomic mass is 9.95. The van der Waals surface area contributed by atoms with Gasteiger partial charge in [-0.3, -0.25) is 9.59 Å². The number of aromatic amines is 1. The number of nitrogens with one attached hydrogen (secondary N) is 1. The van der Waals surface area contributed by atoms with Gasteiger partial charge in [0.1, 0.15) is 5.52 Å². The molecule has 0 saturated carbocycles. The highest BCUT2D eigenvalue weighted by atomic mass is 19.4. The number of allylic oxidation sites excluding steroid dienone is 1. The molecule has 0 aliphatic carbocycles. The van der Waals surface area contributed by atoms with Crippen LogP contribution in [0.5, 0.6) is 0 Å². The lowest BCUT2D eigenvalue weighted by Gasteiger charge is -2.17. The molecule has 0 spiro atoms. The number of aryl methyl sites for hydroxylation is 1. The van der Waals surface area contributed by atoms with E-state index in [2.05, 4.69) is 9.98 Å². The maximum atomic E-state index is 13.2. The number of alkyl halides is 3. The Labute approximate surface area is 216 Å². The van der Waals surface area contributed by atoms with Gasteiger partial charge in [-0.2, -0.15) is 4.99 Å². The molecule has 3 aromatic heterocycles. The van der Waals surface area contributed by atoms with Gasteiger partial charge in [0, 0.05) is 78.8 Å². The molecule has 1 aromatic carbocycles. The van der Waals surface area contributed by atoms with Crippen molar-refractivity contribution in [1.29, 1.82) is 0 Å². The second-order valence-electron chi connectivity index (χ2n) is 9.08. The highest BCUT2D eigenvalue weighted by Crippen LogP contribution is 2.35. The first-order valence-electron chi connectivity index (χ1n) is 11.7. The molecule has 0 fully saturated rings. The minimum absolute atomic E-state index is 0.0473. The number of benzene rings is 1. The van der Waals surface area contributed by atoms with E-state index in [-0.39, 0.29) is 27.9 Å². The van der Waals surface area contributed by atoms with Crippen LogP contribution in [-0.2, 0) is 13.6 Å². The summed E-state index contributed by atoms with van der Waals surface area (Å²) in [5.41, 5.74) is 8.03. The van der Waals surface area contributed by atoms with E-state index in [1.54, 1.807) is 30.1 Å². The molecule has 38 heavy (non-hydrogen) atoms. The van der Waals surface area contributed by atoms with E-state index in [1.165, 1.54) is 10.6 Å². The van der Waals surface area contributed by atoms with Crippen molar-refractivity contribution < 1.29 is 13.2 Å². The Morgan fingerprint density at radius 1 is 1.08 bits per heavy atom. The van der Waals surface area contributed by atoms with Crippen LogP contribution in [0.3, 0.4) is 0 Å². The molecule has 0 bridgehead atoms. The van der Waals surface area contributed by atoms with Crippen LogP contribution in [0.4, 0.5) is 13.2 Å². The molecular formula is C27H27F3N6O2. The Bertz CT molecular complexity index is 1640. The maximum Gasteiger partial charge on any atom is 0.503 e. The van der Waals surface area contributed by atoms with Gasteiger partial charge in [0.05, 0.1) is 0 Å². The molecule has 3 N–H and O–H groups in total. The van der Waals surface area contributed by atoms with Gasteiger partial charge in [-0.1, -0.05) is 30.3 Å². The molecule has 0 aliphatic rings. The first-order valence-corrected chi connectivity index (χ1v) is 11.7. The molecule has 8 nitrogen and oxygen atoms in total. The molecular weight excluding hydrogens is 497 g/mol. The molecule has 198 valence electrons. The molecule has 0 radical (unpaired) electrons. The number of likely N-dealkylation sites (N-methyl/N-ethyl adjacent to an activating group) is 1. The number of nitrogens with zero attached hydrogens (tertiary/aromatic N) is 4. The first-order chi connectivity index (χ1) is 18.0. The van der Waals surface area contributed by atoms with Crippen LogP contribution < -0.4 is 16.9 Å². The number of rotatable bonds is 7. The van der Waals surface area contributed by atoms with Crippen molar-refractivity contribution in [3.8, 4) is 22.3 Å². The number of nitrogens with two attached hydrogens (primary N) is 1. The predicted molar refractivity (Wildman–Crippen MR) is 144 cm³/mol. The molecule has 4 rings (SSSR count). The third-order valence-electron chi connectivity index (χ3n) is 6.09. The van der Waals surface area contributed by atoms with Gasteiger partial charge in [-0.25, -0.2) is 0 Å². The summed E-state index contributed by atoms with van der Waals surface area (Å²) in [6.45, 7) is 1.14. The Balaban J connectivity index is 1.98. The summed E-state index contributed by atoms with van der Waals surface area (Å²) in [5.74, 6) is 0. The second-order valence-corrected chi connectivity index (χ2v) is 9.08. The van der Waals surface area contributed by atoms with E-state index < -0.39 is 6.30 Å². The van der Waals surface area contributed by atoms with Gasteiger partial charge < -0.3 is 24.8 Å². The van der Waals surface area contributed by atoms with Crippen LogP contribution in [0.1, 0.15) is 5.69 Å². The van der Waals surface area contributed by atoms with E-state index in [9.17, 15) is 22.8 Å². The fraction of sp³-hybridized carbons (Fsp3) is 0.222. The maximum absolute atomic E-state index is 13.2. The zero-order valence-electron chi connectivity index (χ0n) is 21.1. The summed E-state index contributed by atoms with van der Waals surface area (Å²) in [6.07, 6.45) is 0.204. The summed E-state index contributed by atoms with van der Waals surface area (Å²) in [6, 6.07) is 12.6. The largest absolute Gasteiger partial charge is 0.503 e. The molecule has 0 saturated heterocycles. The van der Waals surface area contributed by atoms with Gasteiger partial charge in [0.15, 0.2) is 0 Å². The SMILES string of the molecule is CN(C)CCn1cc(-c2ccccc2)c(-c2cn(C)c(=O)c3[nH]c(C(=C/N)/C=N/C(F)(F)F)cc23)cc1=O. The number of hydrogen-bond acceptors (Lipinski definition) is 5. The Morgan fingerprint density at radius 2 is 1.79 bits per heavy atom. The number of halogens is 3. The van der Waals surface area contributed by atoms with Crippen molar-refractivity contribution in [3.63, 3.8) is 0 Å². The Morgan fingerprint density at radius 3 is 2.42 bits per heavy atom. The molecule has 0 aliphatic heterocycles. The summed E-state index contributed by atoms with van der Waals surface area (Å²) in [4.78, 5) is 33.6. The van der Waals surface area contributed by atoms with Gasteiger partial charge in [0.2, 0.25) is 0 Å². The summed E-state index contributed by atoms with van der Waals surface area (Å²) >= 11 is 0. The van der Waals surface area contributed by atoms with E-state index in [0.29, 0.717) is 35.8 Å². The van der Waals surface area contributed by atoms with Gasteiger partial charge in [-0.05, 0) is 31.3 Å². The quantitative estimate of drug-likeness (QED) is 0.284. The van der Waals surface area contributed by atoms with Gasteiger partial charge in [-0.15, -0.1) is 13.2 Å². The van der Waals surface area contributed by atoms with Crippen molar-refractivity contribution >= 4 is 22.7 Å². The highest BCUT2D eigenvalue weighted by molar-refractivity contribution is 6.11. The summed E-state index contributed by atoms with van der Waals surface area (Å²) in [7, 11) is 5.41. The summed E-state index contributed by atoms with van der Waals surface area (Å²) in [5, 5.41) is 0.436. The Kier molecular flexibility index (Phi) is 7.40. The highest BCUT2D eigenvalue weighted by Gasteiger charge is 2.25. The number of H-pyrrole nitrogens is 1. The number of fused-ring (bicyclic) bond motifs is 1. The van der Waals surface area contributed by atoms with E-state index in [1.807, 2.05) is 49.3 Å². The lowest BCUT2D eigenvalue weighted by molar-refractivity contribution is -0.118. The van der Waals surface area contributed by atoms with E-state index in [4.69, 9.17) is 5.73 Å². The van der Waals surface area contributed by atoms with Crippen LogP contribution in [-0.4, -0.2) is 52.2 Å². The minimum Gasteiger partial charge on any atom is -0.404 e. The zero-order valence-corrected chi connectivity index (χ0v) is 21.1. The van der Waals surface area contributed by atoms with Crippen LogP contribution in [0.2, 0.25) is 0 Å². The molecule has 0 atom stereocenters. The normalized spacial score (nSPS) is 12.8. The van der Waals surface area contributed by atoms with Crippen molar-refractivity contribution in [2.24, 2.45) is 17.8 Å². The second kappa shape index (κ2) is 10.5. The molecule has 3 heterocycles. The zero-order chi connectivity index (χ0) is 27.6. The smallest absolute Gasteiger partial charge is 0.404 e. The van der Waals surface area contributed by atoms with E-state index >= 15 is 0 Å². The molecule has 0 unspecified atom stereocenters. The lowest BCUT2D eigenvalue weighted by Crippen LogP contribution is -2.26. The van der Waals surface area contributed by atoms with Crippen molar-refractivity contribution in [3.05, 3.63) is 87.5 Å². The molecule has 0 amide bonds. The average Bonchev–Trinajstić information content (AvgIpc) is 3.31. The first kappa shape index (κ1) is 26.7.